The molecule has 2 aromatic carbocycles. The van der Waals surface area contributed by atoms with Gasteiger partial charge in [-0.1, -0.05) is 85.0 Å². The van der Waals surface area contributed by atoms with Crippen molar-refractivity contribution in [1.29, 1.82) is 0 Å². The van der Waals surface area contributed by atoms with E-state index in [0.29, 0.717) is 22.2 Å². The van der Waals surface area contributed by atoms with Crippen LogP contribution in [0, 0.1) is 0 Å². The van der Waals surface area contributed by atoms with Crippen LogP contribution in [0.25, 0.3) is 17.2 Å². The molecule has 0 saturated carbocycles. The third-order valence-electron chi connectivity index (χ3n) is 4.91. The Kier molecular flexibility index (Phi) is 8.58. The van der Waals surface area contributed by atoms with Gasteiger partial charge in [-0.25, -0.2) is 0 Å². The molecule has 3 rings (SSSR count). The van der Waals surface area contributed by atoms with Gasteiger partial charge in [0.15, 0.2) is 0 Å². The maximum atomic E-state index is 12.8. The fraction of sp³-hybridized carbons (Fsp3) is 0.250. The van der Waals surface area contributed by atoms with Gasteiger partial charge >= 0.3 is 5.97 Å². The Morgan fingerprint density at radius 3 is 2.38 bits per heavy atom. The van der Waals surface area contributed by atoms with E-state index in [1.807, 2.05) is 48.5 Å². The molecule has 1 heterocycles. The number of nitrogens with one attached hydrogen (secondary N) is 1. The summed E-state index contributed by atoms with van der Waals surface area (Å²) in [4.78, 5) is 36.9. The molecule has 0 atom stereocenters. The molecular weight excluding hydrogens is 444 g/mol. The predicted octanol–water partition coefficient (Wildman–Crippen LogP) is 4.32. The number of carboxylic acid groups (broad SMARTS) is 1. The van der Waals surface area contributed by atoms with E-state index in [0.717, 1.165) is 29.5 Å². The first-order valence-corrected chi connectivity index (χ1v) is 11.6. The van der Waals surface area contributed by atoms with Crippen molar-refractivity contribution in [3.63, 3.8) is 0 Å². The Labute approximate surface area is 196 Å². The van der Waals surface area contributed by atoms with Crippen LogP contribution in [0.1, 0.15) is 31.2 Å². The van der Waals surface area contributed by atoms with Crippen LogP contribution in [-0.4, -0.2) is 45.2 Å². The monoisotopic (exact) mass is 468 g/mol. The summed E-state index contributed by atoms with van der Waals surface area (Å²) in [5.74, 6) is -1.43. The number of carbonyl (C=O) groups excluding carboxylic acids is 2. The van der Waals surface area contributed by atoms with Crippen LogP contribution in [0.15, 0.2) is 59.5 Å². The van der Waals surface area contributed by atoms with E-state index in [-0.39, 0.29) is 24.8 Å². The van der Waals surface area contributed by atoms with E-state index < -0.39 is 5.97 Å². The Balaban J connectivity index is 1.48. The number of aliphatic carboxylic acids is 1. The first-order chi connectivity index (χ1) is 15.4. The van der Waals surface area contributed by atoms with Crippen molar-refractivity contribution in [2.24, 2.45) is 0 Å². The lowest BCUT2D eigenvalue weighted by Gasteiger charge is -2.14. The second-order valence-electron chi connectivity index (χ2n) is 7.30. The smallest absolute Gasteiger partial charge is 0.322 e. The van der Waals surface area contributed by atoms with Gasteiger partial charge in [0.25, 0.3) is 5.91 Å². The average molecular weight is 469 g/mol. The van der Waals surface area contributed by atoms with Gasteiger partial charge in [-0.15, -0.1) is 0 Å². The molecule has 0 bridgehead atoms. The van der Waals surface area contributed by atoms with E-state index in [9.17, 15) is 14.4 Å². The number of amides is 2. The SMILES string of the molecule is O=C(O)CNC(=O)CCCCCN1C(=O)/C(=C/c2ccc(-c3ccccc3)cc2)SC1=S. The number of hydrogen-bond donors (Lipinski definition) is 2. The number of carbonyl (C=O) groups is 3. The zero-order chi connectivity index (χ0) is 22.9. The highest BCUT2D eigenvalue weighted by atomic mass is 32.2. The minimum Gasteiger partial charge on any atom is -0.480 e. The molecule has 2 amide bonds. The standard InChI is InChI=1S/C24H24N2O4S2/c27-21(25-16-22(28)29)9-5-2-6-14-26-23(30)20(32-24(26)31)15-17-10-12-19(13-11-17)18-7-3-1-4-8-18/h1,3-4,7-8,10-13,15H,2,5-6,9,14,16H2,(H,25,27)(H,28,29)/b20-15-. The van der Waals surface area contributed by atoms with E-state index >= 15 is 0 Å². The van der Waals surface area contributed by atoms with Gasteiger partial charge < -0.3 is 10.4 Å². The van der Waals surface area contributed by atoms with Gasteiger partial charge in [0, 0.05) is 13.0 Å². The Hall–Kier alpha value is -2.97. The first-order valence-electron chi connectivity index (χ1n) is 10.3. The van der Waals surface area contributed by atoms with Crippen molar-refractivity contribution in [3.8, 4) is 11.1 Å². The molecule has 8 heteroatoms. The van der Waals surface area contributed by atoms with Gasteiger partial charge in [-0.2, -0.15) is 0 Å². The molecule has 1 aliphatic heterocycles. The van der Waals surface area contributed by atoms with Gasteiger partial charge in [0.1, 0.15) is 10.9 Å². The average Bonchev–Trinajstić information content (AvgIpc) is 3.05. The molecule has 2 N–H and O–H groups in total. The largest absolute Gasteiger partial charge is 0.480 e. The third-order valence-corrected chi connectivity index (χ3v) is 6.29. The number of hydrogen-bond acceptors (Lipinski definition) is 5. The van der Waals surface area contributed by atoms with Crippen molar-refractivity contribution >= 4 is 52.2 Å². The quantitative estimate of drug-likeness (QED) is 0.307. The molecule has 0 aliphatic carbocycles. The summed E-state index contributed by atoms with van der Waals surface area (Å²) in [5, 5.41) is 10.9. The molecule has 0 unspecified atom stereocenters. The van der Waals surface area contributed by atoms with Gasteiger partial charge in [0.05, 0.1) is 4.91 Å². The number of thioether (sulfide) groups is 1. The van der Waals surface area contributed by atoms with Crippen LogP contribution in [0.3, 0.4) is 0 Å². The second kappa shape index (κ2) is 11.6. The number of nitrogens with zero attached hydrogens (tertiary/aromatic N) is 1. The van der Waals surface area contributed by atoms with Crippen LogP contribution < -0.4 is 5.32 Å². The predicted molar refractivity (Wildman–Crippen MR) is 131 cm³/mol. The summed E-state index contributed by atoms with van der Waals surface area (Å²) in [5.41, 5.74) is 3.20. The van der Waals surface area contributed by atoms with E-state index in [1.54, 1.807) is 4.90 Å². The highest BCUT2D eigenvalue weighted by molar-refractivity contribution is 8.26. The van der Waals surface area contributed by atoms with Gasteiger partial charge in [-0.05, 0) is 35.6 Å². The molecule has 166 valence electrons. The number of unbranched alkanes of at least 4 members (excludes halogenated alkanes) is 2. The summed E-state index contributed by atoms with van der Waals surface area (Å²) in [6, 6.07) is 18.2. The number of benzene rings is 2. The summed E-state index contributed by atoms with van der Waals surface area (Å²) in [6.07, 6.45) is 4.23. The summed E-state index contributed by atoms with van der Waals surface area (Å²) in [6.45, 7) is 0.141. The van der Waals surface area contributed by atoms with Crippen LogP contribution in [-0.2, 0) is 14.4 Å². The van der Waals surface area contributed by atoms with E-state index in [4.69, 9.17) is 17.3 Å². The van der Waals surface area contributed by atoms with E-state index in [1.165, 1.54) is 11.8 Å². The van der Waals surface area contributed by atoms with Gasteiger partial charge in [0.2, 0.25) is 5.91 Å². The lowest BCUT2D eigenvalue weighted by Crippen LogP contribution is -2.29. The molecule has 2 aromatic rings. The molecule has 6 nitrogen and oxygen atoms in total. The van der Waals surface area contributed by atoms with Crippen molar-refractivity contribution in [2.75, 3.05) is 13.1 Å². The number of carboxylic acids is 1. The normalized spacial score (nSPS) is 14.8. The zero-order valence-corrected chi connectivity index (χ0v) is 19.1. The summed E-state index contributed by atoms with van der Waals surface area (Å²) < 4.78 is 0.543. The zero-order valence-electron chi connectivity index (χ0n) is 17.5. The van der Waals surface area contributed by atoms with Gasteiger partial charge in [-0.3, -0.25) is 19.3 Å². The van der Waals surface area contributed by atoms with E-state index in [2.05, 4.69) is 17.4 Å². The fourth-order valence-corrected chi connectivity index (χ4v) is 4.55. The maximum Gasteiger partial charge on any atom is 0.322 e. The van der Waals surface area contributed by atoms with Crippen LogP contribution in [0.5, 0.6) is 0 Å². The van der Waals surface area contributed by atoms with Crippen molar-refractivity contribution in [1.82, 2.24) is 10.2 Å². The van der Waals surface area contributed by atoms with Crippen molar-refractivity contribution in [3.05, 3.63) is 65.1 Å². The van der Waals surface area contributed by atoms with Crippen LogP contribution in [0.2, 0.25) is 0 Å². The molecule has 0 radical (unpaired) electrons. The first kappa shape index (κ1) is 23.7. The molecule has 1 fully saturated rings. The Bertz CT molecular complexity index is 1020. The minimum atomic E-state index is -1.06. The van der Waals surface area contributed by atoms with Crippen LogP contribution >= 0.6 is 24.0 Å². The summed E-state index contributed by atoms with van der Waals surface area (Å²) in [7, 11) is 0. The lowest BCUT2D eigenvalue weighted by molar-refractivity contribution is -0.137. The molecule has 0 aromatic heterocycles. The van der Waals surface area contributed by atoms with Crippen molar-refractivity contribution in [2.45, 2.75) is 25.7 Å². The minimum absolute atomic E-state index is 0.0914. The Morgan fingerprint density at radius 1 is 1.00 bits per heavy atom. The second-order valence-corrected chi connectivity index (χ2v) is 8.98. The molecule has 1 aliphatic rings. The Morgan fingerprint density at radius 2 is 1.69 bits per heavy atom. The molecular formula is C24H24N2O4S2. The number of rotatable bonds is 10. The third kappa shape index (κ3) is 6.77. The molecule has 32 heavy (non-hydrogen) atoms. The highest BCUT2D eigenvalue weighted by Gasteiger charge is 2.31. The molecule has 1 saturated heterocycles. The van der Waals surface area contributed by atoms with Crippen molar-refractivity contribution < 1.29 is 19.5 Å². The lowest BCUT2D eigenvalue weighted by atomic mass is 10.0. The fourth-order valence-electron chi connectivity index (χ4n) is 3.24. The topological polar surface area (TPSA) is 86.7 Å². The number of thiocarbonyl (C=S) groups is 1. The highest BCUT2D eigenvalue weighted by Crippen LogP contribution is 2.33. The molecule has 0 spiro atoms. The maximum absolute atomic E-state index is 12.8. The van der Waals surface area contributed by atoms with Crippen LogP contribution in [0.4, 0.5) is 0 Å². The summed E-state index contributed by atoms with van der Waals surface area (Å²) >= 11 is 6.69.